The number of fused-ring (bicyclic) bond motifs is 1. The summed E-state index contributed by atoms with van der Waals surface area (Å²) in [6.07, 6.45) is 11.9. The highest BCUT2D eigenvalue weighted by Gasteiger charge is 2.46. The molecule has 0 unspecified atom stereocenters. The fourth-order valence-electron chi connectivity index (χ4n) is 6.97. The van der Waals surface area contributed by atoms with E-state index in [1.54, 1.807) is 0 Å². The van der Waals surface area contributed by atoms with Gasteiger partial charge in [0.1, 0.15) is 12.7 Å². The lowest BCUT2D eigenvalue weighted by Crippen LogP contribution is -2.35. The Hall–Kier alpha value is -1.69. The molecule has 0 spiro atoms. The lowest BCUT2D eigenvalue weighted by atomic mass is 9.63. The van der Waals surface area contributed by atoms with E-state index in [2.05, 4.69) is 80.2 Å². The Balaban J connectivity index is 1.63. The van der Waals surface area contributed by atoms with Gasteiger partial charge in [0.15, 0.2) is 0 Å². The highest BCUT2D eigenvalue weighted by atomic mass is 16.6. The molecule has 39 heavy (non-hydrogen) atoms. The lowest BCUT2D eigenvalue weighted by molar-refractivity contribution is -0.158. The normalized spacial score (nSPS) is 31.0. The first kappa shape index (κ1) is 31.8. The largest absolute Gasteiger partial charge is 0.461 e. The van der Waals surface area contributed by atoms with Gasteiger partial charge in [0.2, 0.25) is 0 Å². The Morgan fingerprint density at radius 1 is 1.15 bits per heavy atom. The summed E-state index contributed by atoms with van der Waals surface area (Å²) in [6.45, 7) is 21.5. The molecule has 0 radical (unpaired) electrons. The molecular formula is C34H54O5. The molecule has 5 atom stereocenters. The van der Waals surface area contributed by atoms with Gasteiger partial charge in [0.25, 0.3) is 0 Å². The van der Waals surface area contributed by atoms with Gasteiger partial charge in [-0.25, -0.2) is 4.79 Å². The predicted molar refractivity (Wildman–Crippen MR) is 158 cm³/mol. The summed E-state index contributed by atoms with van der Waals surface area (Å²) in [5, 5.41) is 20.3. The molecule has 0 bridgehead atoms. The van der Waals surface area contributed by atoms with Crippen molar-refractivity contribution in [3.8, 4) is 0 Å². The first-order valence-corrected chi connectivity index (χ1v) is 14.9. The molecule has 0 saturated heterocycles. The zero-order valence-corrected chi connectivity index (χ0v) is 25.8. The fraction of sp³-hybridized carbons (Fsp3) is 0.735. The zero-order valence-electron chi connectivity index (χ0n) is 25.8. The highest BCUT2D eigenvalue weighted by Crippen LogP contribution is 2.55. The molecule has 3 aliphatic rings. The van der Waals surface area contributed by atoms with Crippen LogP contribution >= 0.6 is 0 Å². The zero-order chi connectivity index (χ0) is 29.2. The molecule has 3 rings (SSSR count). The molecule has 2 fully saturated rings. The summed E-state index contributed by atoms with van der Waals surface area (Å²) in [6, 6.07) is 0. The molecule has 5 nitrogen and oxygen atoms in total. The van der Waals surface area contributed by atoms with E-state index in [1.165, 1.54) is 11.1 Å². The summed E-state index contributed by atoms with van der Waals surface area (Å²) < 4.78 is 12.1. The Labute approximate surface area is 237 Å². The Kier molecular flexibility index (Phi) is 10.2. The SMILES string of the molecule is C=C1C(=CC=C2CCC[C@]3(C)C([C@H](C)OCC(=O)OC(CC(C)(C)C)CC(C)(C)C)=CC[C@@H]23)C[C@@H](O)C[C@@H]1O. The third-order valence-corrected chi connectivity index (χ3v) is 8.74. The predicted octanol–water partition coefficient (Wildman–Crippen LogP) is 7.24. The van der Waals surface area contributed by atoms with E-state index < -0.39 is 12.2 Å². The Morgan fingerprint density at radius 2 is 1.79 bits per heavy atom. The van der Waals surface area contributed by atoms with E-state index in [9.17, 15) is 15.0 Å². The van der Waals surface area contributed by atoms with Crippen LogP contribution in [0.1, 0.15) is 107 Å². The molecule has 0 heterocycles. The van der Waals surface area contributed by atoms with Crippen molar-refractivity contribution in [3.63, 3.8) is 0 Å². The number of hydrogen-bond acceptors (Lipinski definition) is 5. The van der Waals surface area contributed by atoms with Gasteiger partial charge >= 0.3 is 5.97 Å². The minimum absolute atomic E-state index is 0.00445. The van der Waals surface area contributed by atoms with Gasteiger partial charge < -0.3 is 19.7 Å². The topological polar surface area (TPSA) is 76.0 Å². The lowest BCUT2D eigenvalue weighted by Gasteiger charge is -2.42. The summed E-state index contributed by atoms with van der Waals surface area (Å²) in [5.74, 6) is 0.111. The van der Waals surface area contributed by atoms with Crippen molar-refractivity contribution in [1.82, 2.24) is 0 Å². The number of allylic oxidation sites excluding steroid dienone is 4. The first-order valence-electron chi connectivity index (χ1n) is 14.9. The second-order valence-electron chi connectivity index (χ2n) is 14.9. The summed E-state index contributed by atoms with van der Waals surface area (Å²) >= 11 is 0. The van der Waals surface area contributed by atoms with Crippen LogP contribution in [-0.4, -0.2) is 47.2 Å². The van der Waals surface area contributed by atoms with Crippen molar-refractivity contribution < 1.29 is 24.5 Å². The maximum absolute atomic E-state index is 12.8. The number of ether oxygens (including phenoxy) is 2. The van der Waals surface area contributed by atoms with Crippen molar-refractivity contribution in [3.05, 3.63) is 47.1 Å². The van der Waals surface area contributed by atoms with Gasteiger partial charge in [0, 0.05) is 6.42 Å². The smallest absolute Gasteiger partial charge is 0.332 e. The van der Waals surface area contributed by atoms with Crippen LogP contribution in [-0.2, 0) is 14.3 Å². The molecule has 2 N–H and O–H groups in total. The van der Waals surface area contributed by atoms with Crippen LogP contribution in [0.2, 0.25) is 0 Å². The molecule has 0 amide bonds. The number of carbonyl (C=O) groups is 1. The second kappa shape index (κ2) is 12.4. The fourth-order valence-corrected chi connectivity index (χ4v) is 6.97. The standard InChI is InChI=1S/C34H54O5/c1-22-25(17-26(35)18-30(22)36)13-12-24-11-10-16-34(9)28(14-15-29(24)34)23(2)38-21-31(37)39-27(19-32(3,4)5)20-33(6,7)8/h12-14,23,26-27,29-30,35-36H,1,10-11,15-21H2,2-9H3/t23-,26+,29-,30-,34+/m0/s1. The summed E-state index contributed by atoms with van der Waals surface area (Å²) in [5.41, 5.74) is 4.51. The van der Waals surface area contributed by atoms with Crippen LogP contribution in [0, 0.1) is 22.2 Å². The van der Waals surface area contributed by atoms with E-state index in [0.29, 0.717) is 18.8 Å². The van der Waals surface area contributed by atoms with Crippen LogP contribution < -0.4 is 0 Å². The minimum atomic E-state index is -0.670. The molecule has 0 aromatic rings. The van der Waals surface area contributed by atoms with Crippen molar-refractivity contribution in [2.24, 2.45) is 22.2 Å². The summed E-state index contributed by atoms with van der Waals surface area (Å²) in [7, 11) is 0. The molecule has 2 saturated carbocycles. The highest BCUT2D eigenvalue weighted by molar-refractivity contribution is 5.71. The van der Waals surface area contributed by atoms with E-state index in [1.807, 2.05) is 0 Å². The average molecular weight is 543 g/mol. The molecule has 0 aliphatic heterocycles. The van der Waals surface area contributed by atoms with Crippen molar-refractivity contribution >= 4 is 5.97 Å². The number of aliphatic hydroxyl groups excluding tert-OH is 2. The quantitative estimate of drug-likeness (QED) is 0.250. The van der Waals surface area contributed by atoms with Crippen molar-refractivity contribution in [2.75, 3.05) is 6.61 Å². The number of carbonyl (C=O) groups excluding carboxylic acids is 1. The van der Waals surface area contributed by atoms with Gasteiger partial charge in [0.05, 0.1) is 18.3 Å². The van der Waals surface area contributed by atoms with Gasteiger partial charge in [-0.15, -0.1) is 0 Å². The van der Waals surface area contributed by atoms with E-state index in [-0.39, 0.29) is 41.0 Å². The molecular weight excluding hydrogens is 488 g/mol. The van der Waals surface area contributed by atoms with E-state index in [0.717, 1.165) is 49.7 Å². The van der Waals surface area contributed by atoms with Crippen LogP contribution in [0.5, 0.6) is 0 Å². The second-order valence-corrected chi connectivity index (χ2v) is 14.9. The van der Waals surface area contributed by atoms with Crippen LogP contribution in [0.25, 0.3) is 0 Å². The Morgan fingerprint density at radius 3 is 2.41 bits per heavy atom. The van der Waals surface area contributed by atoms with Crippen LogP contribution in [0.4, 0.5) is 0 Å². The number of aliphatic hydroxyl groups is 2. The van der Waals surface area contributed by atoms with Gasteiger partial charge in [-0.3, -0.25) is 0 Å². The maximum atomic E-state index is 12.8. The van der Waals surface area contributed by atoms with Crippen LogP contribution in [0.15, 0.2) is 47.1 Å². The monoisotopic (exact) mass is 542 g/mol. The van der Waals surface area contributed by atoms with E-state index >= 15 is 0 Å². The van der Waals surface area contributed by atoms with Gasteiger partial charge in [-0.05, 0) is 90.8 Å². The van der Waals surface area contributed by atoms with Crippen molar-refractivity contribution in [2.45, 2.75) is 131 Å². The maximum Gasteiger partial charge on any atom is 0.332 e. The molecule has 0 aromatic heterocycles. The van der Waals surface area contributed by atoms with Gasteiger partial charge in [-0.1, -0.05) is 78.8 Å². The third kappa shape index (κ3) is 8.65. The molecule has 3 aliphatic carbocycles. The molecule has 0 aromatic carbocycles. The number of hydrogen-bond donors (Lipinski definition) is 2. The molecule has 220 valence electrons. The number of esters is 1. The van der Waals surface area contributed by atoms with E-state index in [4.69, 9.17) is 9.47 Å². The number of rotatable bonds is 8. The van der Waals surface area contributed by atoms with Crippen LogP contribution in [0.3, 0.4) is 0 Å². The summed E-state index contributed by atoms with van der Waals surface area (Å²) in [4.78, 5) is 12.8. The molecule has 5 heteroatoms. The first-order chi connectivity index (χ1) is 18.0. The van der Waals surface area contributed by atoms with Crippen molar-refractivity contribution in [1.29, 1.82) is 0 Å². The Bertz CT molecular complexity index is 972. The third-order valence-electron chi connectivity index (χ3n) is 8.74. The minimum Gasteiger partial charge on any atom is -0.461 e. The van der Waals surface area contributed by atoms with Gasteiger partial charge in [-0.2, -0.15) is 0 Å². The average Bonchev–Trinajstić information content (AvgIpc) is 3.14.